The third-order valence-corrected chi connectivity index (χ3v) is 2.53. The van der Waals surface area contributed by atoms with Crippen LogP contribution in [0.1, 0.15) is 13.3 Å². The normalized spacial score (nSPS) is 12.5. The van der Waals surface area contributed by atoms with Crippen LogP contribution in [0.25, 0.3) is 0 Å². The molecule has 0 aliphatic carbocycles. The van der Waals surface area contributed by atoms with Gasteiger partial charge in [0.1, 0.15) is 0 Å². The number of rotatable bonds is 5. The molecule has 14 heavy (non-hydrogen) atoms. The average molecular weight is 217 g/mol. The van der Waals surface area contributed by atoms with E-state index in [9.17, 15) is 0 Å². The van der Waals surface area contributed by atoms with Crippen molar-refractivity contribution in [1.29, 1.82) is 0 Å². The van der Waals surface area contributed by atoms with Gasteiger partial charge in [-0.15, -0.1) is 0 Å². The van der Waals surface area contributed by atoms with Crippen molar-refractivity contribution in [3.05, 3.63) is 0 Å². The second kappa shape index (κ2) is 5.02. The van der Waals surface area contributed by atoms with E-state index in [1.807, 2.05) is 0 Å². The van der Waals surface area contributed by atoms with Crippen molar-refractivity contribution < 1.29 is 9.84 Å². The number of methoxy groups -OCH3 is 1. The smallest absolute Gasteiger partial charge is 0.197 e. The first-order valence-electron chi connectivity index (χ1n) is 4.36. The van der Waals surface area contributed by atoms with E-state index in [4.69, 9.17) is 15.6 Å². The average Bonchev–Trinajstić information content (AvgIpc) is 2.46. The van der Waals surface area contributed by atoms with Crippen LogP contribution in [0.4, 0.5) is 10.8 Å². The summed E-state index contributed by atoms with van der Waals surface area (Å²) in [5.74, 6) is 0.984. The molecule has 1 aromatic rings. The fourth-order valence-corrected chi connectivity index (χ4v) is 1.71. The molecule has 0 spiro atoms. The summed E-state index contributed by atoms with van der Waals surface area (Å²) in [6.07, 6.45) is 0.375. The minimum atomic E-state index is -0.307. The molecule has 4 N–H and O–H groups in total. The van der Waals surface area contributed by atoms with Crippen molar-refractivity contribution >= 4 is 22.4 Å². The number of nitrogens with two attached hydrogens (primary N) is 1. The number of aliphatic hydroxyl groups excluding tert-OH is 1. The second-order valence-electron chi connectivity index (χ2n) is 2.99. The summed E-state index contributed by atoms with van der Waals surface area (Å²) in [4.78, 5) is 0. The molecule has 1 aromatic heterocycles. The molecule has 1 rings (SSSR count). The van der Waals surface area contributed by atoms with Gasteiger partial charge >= 0.3 is 0 Å². The van der Waals surface area contributed by atoms with Crippen LogP contribution in [0.5, 0.6) is 5.75 Å². The fourth-order valence-electron chi connectivity index (χ4n) is 0.998. The Labute approximate surface area is 87.1 Å². The van der Waals surface area contributed by atoms with Crippen molar-refractivity contribution in [1.82, 2.24) is 4.37 Å². The van der Waals surface area contributed by atoms with Gasteiger partial charge < -0.3 is 20.9 Å². The van der Waals surface area contributed by atoms with Crippen LogP contribution >= 0.6 is 11.5 Å². The highest BCUT2D eigenvalue weighted by Gasteiger charge is 2.10. The number of hydrogen-bond donors (Lipinski definition) is 3. The monoisotopic (exact) mass is 217 g/mol. The van der Waals surface area contributed by atoms with E-state index >= 15 is 0 Å². The van der Waals surface area contributed by atoms with Gasteiger partial charge in [0.25, 0.3) is 0 Å². The van der Waals surface area contributed by atoms with Crippen LogP contribution in [-0.2, 0) is 0 Å². The van der Waals surface area contributed by atoms with E-state index in [1.165, 1.54) is 11.5 Å². The molecule has 0 aromatic carbocycles. The first-order valence-corrected chi connectivity index (χ1v) is 5.13. The number of nitrogens with one attached hydrogen (secondary N) is 1. The van der Waals surface area contributed by atoms with E-state index in [-0.39, 0.29) is 6.10 Å². The van der Waals surface area contributed by atoms with Crippen LogP contribution in [0.15, 0.2) is 0 Å². The highest BCUT2D eigenvalue weighted by molar-refractivity contribution is 7.11. The lowest BCUT2D eigenvalue weighted by Crippen LogP contribution is -2.09. The minimum Gasteiger partial charge on any atom is -0.490 e. The molecule has 6 heteroatoms. The third-order valence-electron chi connectivity index (χ3n) is 1.73. The molecule has 5 nitrogen and oxygen atoms in total. The third kappa shape index (κ3) is 2.74. The first-order chi connectivity index (χ1) is 6.65. The molecule has 0 aliphatic heterocycles. The largest absolute Gasteiger partial charge is 0.490 e. The molecule has 80 valence electrons. The SMILES string of the molecule is COc1c(N)nsc1NCCC(C)O. The molecule has 0 saturated heterocycles. The predicted molar refractivity (Wildman–Crippen MR) is 57.9 cm³/mol. The summed E-state index contributed by atoms with van der Waals surface area (Å²) in [6, 6.07) is 0. The van der Waals surface area contributed by atoms with Gasteiger partial charge in [-0.1, -0.05) is 0 Å². The van der Waals surface area contributed by atoms with Gasteiger partial charge in [0.15, 0.2) is 16.6 Å². The molecule has 1 unspecified atom stereocenters. The van der Waals surface area contributed by atoms with Crippen LogP contribution < -0.4 is 15.8 Å². The van der Waals surface area contributed by atoms with E-state index in [0.29, 0.717) is 24.5 Å². The molecule has 1 heterocycles. The molecule has 0 amide bonds. The molecule has 0 aliphatic rings. The number of nitrogen functional groups attached to an aromatic ring is 1. The van der Waals surface area contributed by atoms with E-state index in [0.717, 1.165) is 5.00 Å². The van der Waals surface area contributed by atoms with Crippen molar-refractivity contribution in [2.24, 2.45) is 0 Å². The Morgan fingerprint density at radius 2 is 2.43 bits per heavy atom. The van der Waals surface area contributed by atoms with Crippen molar-refractivity contribution in [2.75, 3.05) is 24.7 Å². The van der Waals surface area contributed by atoms with Crippen LogP contribution in [0.2, 0.25) is 0 Å². The maximum atomic E-state index is 9.05. The zero-order chi connectivity index (χ0) is 10.6. The van der Waals surface area contributed by atoms with Gasteiger partial charge in [-0.05, 0) is 24.9 Å². The summed E-state index contributed by atoms with van der Waals surface area (Å²) in [7, 11) is 1.56. The highest BCUT2D eigenvalue weighted by Crippen LogP contribution is 2.34. The van der Waals surface area contributed by atoms with E-state index < -0.39 is 0 Å². The van der Waals surface area contributed by atoms with Crippen LogP contribution in [0, 0.1) is 0 Å². The van der Waals surface area contributed by atoms with Crippen molar-refractivity contribution in [2.45, 2.75) is 19.4 Å². The molecular weight excluding hydrogens is 202 g/mol. The van der Waals surface area contributed by atoms with Crippen molar-refractivity contribution in [3.63, 3.8) is 0 Å². The Hall–Kier alpha value is -1.01. The molecular formula is C8H15N3O2S. The maximum absolute atomic E-state index is 9.05. The number of anilines is 2. The summed E-state index contributed by atoms with van der Waals surface area (Å²) in [6.45, 7) is 2.43. The molecule has 0 bridgehead atoms. The number of nitrogens with zero attached hydrogens (tertiary/aromatic N) is 1. The summed E-state index contributed by atoms with van der Waals surface area (Å²) >= 11 is 1.26. The minimum absolute atomic E-state index is 0.307. The first kappa shape index (κ1) is 11.1. The van der Waals surface area contributed by atoms with Gasteiger partial charge in [0.05, 0.1) is 13.2 Å². The van der Waals surface area contributed by atoms with Gasteiger partial charge in [0, 0.05) is 6.54 Å². The topological polar surface area (TPSA) is 80.4 Å². The zero-order valence-corrected chi connectivity index (χ0v) is 9.10. The quantitative estimate of drug-likeness (QED) is 0.683. The van der Waals surface area contributed by atoms with Gasteiger partial charge in [-0.3, -0.25) is 0 Å². The molecule has 0 fully saturated rings. The molecule has 0 radical (unpaired) electrons. The molecule has 1 atom stereocenters. The Bertz CT molecular complexity index is 288. The molecule has 0 saturated carbocycles. The van der Waals surface area contributed by atoms with E-state index in [1.54, 1.807) is 14.0 Å². The number of hydrogen-bond acceptors (Lipinski definition) is 6. The van der Waals surface area contributed by atoms with E-state index in [2.05, 4.69) is 9.69 Å². The standard InChI is InChI=1S/C8H15N3O2S/c1-5(12)3-4-10-8-6(13-2)7(9)11-14-8/h5,10,12H,3-4H2,1-2H3,(H2,9,11). The highest BCUT2D eigenvalue weighted by atomic mass is 32.1. The Morgan fingerprint density at radius 3 is 3.00 bits per heavy atom. The Morgan fingerprint density at radius 1 is 1.71 bits per heavy atom. The zero-order valence-electron chi connectivity index (χ0n) is 8.28. The Kier molecular flexibility index (Phi) is 3.97. The van der Waals surface area contributed by atoms with Gasteiger partial charge in [0.2, 0.25) is 0 Å². The van der Waals surface area contributed by atoms with Gasteiger partial charge in [-0.2, -0.15) is 4.37 Å². The number of aliphatic hydroxyl groups is 1. The number of ether oxygens (including phenoxy) is 1. The lowest BCUT2D eigenvalue weighted by atomic mass is 10.3. The van der Waals surface area contributed by atoms with Crippen LogP contribution in [-0.4, -0.2) is 29.2 Å². The van der Waals surface area contributed by atoms with Crippen LogP contribution in [0.3, 0.4) is 0 Å². The predicted octanol–water partition coefficient (Wildman–Crippen LogP) is 0.917. The Balaban J connectivity index is 2.50. The van der Waals surface area contributed by atoms with Gasteiger partial charge in [-0.25, -0.2) is 0 Å². The van der Waals surface area contributed by atoms with Crippen molar-refractivity contribution in [3.8, 4) is 5.75 Å². The lowest BCUT2D eigenvalue weighted by molar-refractivity contribution is 0.189. The number of aromatic nitrogens is 1. The lowest BCUT2D eigenvalue weighted by Gasteiger charge is -2.07. The maximum Gasteiger partial charge on any atom is 0.197 e. The summed E-state index contributed by atoms with van der Waals surface area (Å²) < 4.78 is 9.03. The summed E-state index contributed by atoms with van der Waals surface area (Å²) in [5, 5.41) is 13.0. The second-order valence-corrected chi connectivity index (χ2v) is 3.77. The fraction of sp³-hybridized carbons (Fsp3) is 0.625. The summed E-state index contributed by atoms with van der Waals surface area (Å²) in [5.41, 5.74) is 5.57.